The number of hydrogen-bond acceptors (Lipinski definition) is 4. The molecular weight excluding hydrogens is 262 g/mol. The quantitative estimate of drug-likeness (QED) is 0.580. The smallest absolute Gasteiger partial charge is 0.165 e. The van der Waals surface area contributed by atoms with Crippen LogP contribution in [0.3, 0.4) is 0 Å². The Morgan fingerprint density at radius 3 is 2.76 bits per heavy atom. The van der Waals surface area contributed by atoms with Crippen LogP contribution in [0.2, 0.25) is 0 Å². The molecule has 0 atom stereocenters. The second-order valence-corrected chi connectivity index (χ2v) is 4.95. The van der Waals surface area contributed by atoms with E-state index in [1.54, 1.807) is 17.1 Å². The average Bonchev–Trinajstić information content (AvgIpc) is 2.86. The second kappa shape index (κ2) is 4.28. The zero-order valence-corrected chi connectivity index (χ0v) is 11.5. The third-order valence-electron chi connectivity index (χ3n) is 3.62. The summed E-state index contributed by atoms with van der Waals surface area (Å²) in [5.74, 6) is 0. The van der Waals surface area contributed by atoms with E-state index in [2.05, 4.69) is 10.1 Å². The van der Waals surface area contributed by atoms with Crippen molar-refractivity contribution in [3.05, 3.63) is 54.5 Å². The lowest BCUT2D eigenvalue weighted by molar-refractivity contribution is 0.873. The minimum Gasteiger partial charge on any atom is -0.398 e. The van der Waals surface area contributed by atoms with Crippen LogP contribution in [0.5, 0.6) is 0 Å². The molecule has 21 heavy (non-hydrogen) atoms. The molecule has 3 aromatic heterocycles. The average molecular weight is 275 g/mol. The van der Waals surface area contributed by atoms with Gasteiger partial charge in [0.1, 0.15) is 0 Å². The molecule has 0 spiro atoms. The number of fused-ring (bicyclic) bond motifs is 2. The standard InChI is InChI=1S/C16H13N5/c1-10-14-15(17)12-6-2-3-7-13(12)19-16(14)21(20-10)11-5-4-8-18-9-11/h2-9H,1H3,(H2,17,19). The van der Waals surface area contributed by atoms with Crippen LogP contribution in [0.15, 0.2) is 48.8 Å². The van der Waals surface area contributed by atoms with Crippen LogP contribution in [0.4, 0.5) is 5.69 Å². The van der Waals surface area contributed by atoms with E-state index in [0.717, 1.165) is 39.0 Å². The van der Waals surface area contributed by atoms with Crippen molar-refractivity contribution in [2.24, 2.45) is 0 Å². The SMILES string of the molecule is Cc1nn(-c2cccnc2)c2nc3ccccc3c(N)c12. The maximum Gasteiger partial charge on any atom is 0.165 e. The molecule has 102 valence electrons. The summed E-state index contributed by atoms with van der Waals surface area (Å²) in [7, 11) is 0. The summed E-state index contributed by atoms with van der Waals surface area (Å²) in [5.41, 5.74) is 10.4. The molecule has 0 radical (unpaired) electrons. The van der Waals surface area contributed by atoms with Gasteiger partial charge in [-0.15, -0.1) is 0 Å². The Balaban J connectivity index is 2.16. The first-order chi connectivity index (χ1) is 10.3. The molecule has 5 heteroatoms. The molecule has 0 aliphatic rings. The van der Waals surface area contributed by atoms with Gasteiger partial charge in [-0.3, -0.25) is 4.98 Å². The molecule has 0 saturated heterocycles. The van der Waals surface area contributed by atoms with Crippen LogP contribution in [0.25, 0.3) is 27.6 Å². The van der Waals surface area contributed by atoms with E-state index in [1.165, 1.54) is 0 Å². The van der Waals surface area contributed by atoms with Crippen LogP contribution >= 0.6 is 0 Å². The third kappa shape index (κ3) is 1.67. The van der Waals surface area contributed by atoms with Crippen LogP contribution in [0.1, 0.15) is 5.69 Å². The first kappa shape index (κ1) is 11.8. The van der Waals surface area contributed by atoms with E-state index in [4.69, 9.17) is 10.7 Å². The Kier molecular flexibility index (Phi) is 2.41. The Morgan fingerprint density at radius 2 is 1.95 bits per heavy atom. The van der Waals surface area contributed by atoms with Crippen LogP contribution in [-0.2, 0) is 0 Å². The summed E-state index contributed by atoms with van der Waals surface area (Å²) < 4.78 is 1.79. The molecule has 0 saturated carbocycles. The number of benzene rings is 1. The van der Waals surface area contributed by atoms with Crippen molar-refractivity contribution in [1.29, 1.82) is 0 Å². The van der Waals surface area contributed by atoms with Gasteiger partial charge < -0.3 is 5.73 Å². The fourth-order valence-corrected chi connectivity index (χ4v) is 2.64. The second-order valence-electron chi connectivity index (χ2n) is 4.95. The number of para-hydroxylation sites is 1. The Morgan fingerprint density at radius 1 is 1.10 bits per heavy atom. The zero-order chi connectivity index (χ0) is 14.4. The Hall–Kier alpha value is -2.95. The molecule has 2 N–H and O–H groups in total. The molecule has 0 unspecified atom stereocenters. The van der Waals surface area contributed by atoms with Crippen LogP contribution in [-0.4, -0.2) is 19.7 Å². The number of nitrogens with two attached hydrogens (primary N) is 1. The van der Waals surface area contributed by atoms with Crippen molar-refractivity contribution < 1.29 is 0 Å². The fraction of sp³-hybridized carbons (Fsp3) is 0.0625. The number of pyridine rings is 2. The van der Waals surface area contributed by atoms with Crippen molar-refractivity contribution in [1.82, 2.24) is 19.7 Å². The lowest BCUT2D eigenvalue weighted by Gasteiger charge is -2.05. The summed E-state index contributed by atoms with van der Waals surface area (Å²) in [5, 5.41) is 6.44. The van der Waals surface area contributed by atoms with E-state index in [0.29, 0.717) is 0 Å². The molecule has 0 fully saturated rings. The van der Waals surface area contributed by atoms with E-state index in [1.807, 2.05) is 43.3 Å². The molecule has 0 amide bonds. The number of aryl methyl sites for hydroxylation is 1. The van der Waals surface area contributed by atoms with Gasteiger partial charge in [-0.1, -0.05) is 18.2 Å². The van der Waals surface area contributed by atoms with Crippen molar-refractivity contribution in [3.8, 4) is 5.69 Å². The van der Waals surface area contributed by atoms with Crippen LogP contribution < -0.4 is 5.73 Å². The highest BCUT2D eigenvalue weighted by atomic mass is 15.3. The molecule has 4 rings (SSSR count). The molecule has 0 bridgehead atoms. The first-order valence-corrected chi connectivity index (χ1v) is 6.69. The molecule has 4 aromatic rings. The van der Waals surface area contributed by atoms with E-state index >= 15 is 0 Å². The topological polar surface area (TPSA) is 69.6 Å². The number of hydrogen-bond donors (Lipinski definition) is 1. The van der Waals surface area contributed by atoms with Gasteiger partial charge in [0.05, 0.1) is 34.2 Å². The summed E-state index contributed by atoms with van der Waals surface area (Å²) in [6.07, 6.45) is 3.50. The molecule has 5 nitrogen and oxygen atoms in total. The van der Waals surface area contributed by atoms with E-state index in [-0.39, 0.29) is 0 Å². The van der Waals surface area contributed by atoms with Crippen molar-refractivity contribution >= 4 is 27.6 Å². The zero-order valence-electron chi connectivity index (χ0n) is 11.5. The van der Waals surface area contributed by atoms with Gasteiger partial charge >= 0.3 is 0 Å². The lowest BCUT2D eigenvalue weighted by Crippen LogP contribution is -1.99. The molecule has 1 aromatic carbocycles. The van der Waals surface area contributed by atoms with Crippen LogP contribution in [0, 0.1) is 6.92 Å². The summed E-state index contributed by atoms with van der Waals surface area (Å²) in [6.45, 7) is 1.95. The Labute approximate surface area is 121 Å². The predicted molar refractivity (Wildman–Crippen MR) is 83.3 cm³/mol. The molecule has 0 aliphatic carbocycles. The first-order valence-electron chi connectivity index (χ1n) is 6.69. The Bertz CT molecular complexity index is 957. The van der Waals surface area contributed by atoms with E-state index < -0.39 is 0 Å². The maximum atomic E-state index is 6.34. The minimum atomic E-state index is 0.725. The van der Waals surface area contributed by atoms with E-state index in [9.17, 15) is 0 Å². The van der Waals surface area contributed by atoms with Gasteiger partial charge in [0.25, 0.3) is 0 Å². The molecular formula is C16H13N5. The highest BCUT2D eigenvalue weighted by Crippen LogP contribution is 2.31. The van der Waals surface area contributed by atoms with Gasteiger partial charge in [-0.25, -0.2) is 9.67 Å². The largest absolute Gasteiger partial charge is 0.398 e. The lowest BCUT2D eigenvalue weighted by atomic mass is 10.1. The van der Waals surface area contributed by atoms with Gasteiger partial charge in [0.15, 0.2) is 5.65 Å². The summed E-state index contributed by atoms with van der Waals surface area (Å²) >= 11 is 0. The van der Waals surface area contributed by atoms with Gasteiger partial charge in [-0.05, 0) is 25.1 Å². The van der Waals surface area contributed by atoms with Gasteiger partial charge in [0, 0.05) is 11.6 Å². The number of rotatable bonds is 1. The summed E-state index contributed by atoms with van der Waals surface area (Å²) in [4.78, 5) is 8.87. The van der Waals surface area contributed by atoms with Gasteiger partial charge in [-0.2, -0.15) is 5.10 Å². The monoisotopic (exact) mass is 275 g/mol. The number of anilines is 1. The van der Waals surface area contributed by atoms with Crippen molar-refractivity contribution in [3.63, 3.8) is 0 Å². The minimum absolute atomic E-state index is 0.725. The van der Waals surface area contributed by atoms with Crippen molar-refractivity contribution in [2.75, 3.05) is 5.73 Å². The van der Waals surface area contributed by atoms with Crippen molar-refractivity contribution in [2.45, 2.75) is 6.92 Å². The maximum absolute atomic E-state index is 6.34. The number of nitrogen functional groups attached to an aromatic ring is 1. The predicted octanol–water partition coefficient (Wildman–Crippen LogP) is 2.86. The summed E-state index contributed by atoms with van der Waals surface area (Å²) in [6, 6.07) is 11.7. The highest BCUT2D eigenvalue weighted by Gasteiger charge is 2.15. The number of nitrogens with zero attached hydrogens (tertiary/aromatic N) is 4. The number of aromatic nitrogens is 4. The highest BCUT2D eigenvalue weighted by molar-refractivity contribution is 6.06. The normalized spacial score (nSPS) is 11.3. The van der Waals surface area contributed by atoms with Gasteiger partial charge in [0.2, 0.25) is 0 Å². The molecule has 3 heterocycles. The third-order valence-corrected chi connectivity index (χ3v) is 3.62. The fourth-order valence-electron chi connectivity index (χ4n) is 2.64. The molecule has 0 aliphatic heterocycles.